The third-order valence-corrected chi connectivity index (χ3v) is 4.45. The van der Waals surface area contributed by atoms with E-state index in [0.29, 0.717) is 19.6 Å². The average molecular weight is 320 g/mol. The van der Waals surface area contributed by atoms with Gasteiger partial charge in [0.05, 0.1) is 6.61 Å². The Hall–Kier alpha value is -1.55. The van der Waals surface area contributed by atoms with E-state index in [1.807, 2.05) is 6.92 Å². The molecule has 0 aliphatic carbocycles. The number of nitrogens with one attached hydrogen (secondary N) is 1. The zero-order valence-electron chi connectivity index (χ0n) is 15.1. The van der Waals surface area contributed by atoms with Gasteiger partial charge < -0.3 is 15.8 Å². The molecule has 4 nitrogen and oxygen atoms in total. The Kier molecular flexibility index (Phi) is 8.10. The Morgan fingerprint density at radius 3 is 2.57 bits per heavy atom. The molecule has 0 unspecified atom stereocenters. The first-order valence-electron chi connectivity index (χ1n) is 8.66. The van der Waals surface area contributed by atoms with Gasteiger partial charge in [0.25, 0.3) is 0 Å². The van der Waals surface area contributed by atoms with Crippen molar-refractivity contribution in [2.45, 2.75) is 65.3 Å². The number of aryl methyl sites for hydroxylation is 2. The average Bonchev–Trinajstić information content (AvgIpc) is 2.55. The van der Waals surface area contributed by atoms with Crippen LogP contribution in [0.15, 0.2) is 18.2 Å². The van der Waals surface area contributed by atoms with Crippen molar-refractivity contribution >= 4 is 5.91 Å². The first kappa shape index (κ1) is 19.5. The Morgan fingerprint density at radius 2 is 1.91 bits per heavy atom. The number of amides is 1. The van der Waals surface area contributed by atoms with Gasteiger partial charge >= 0.3 is 0 Å². The number of hydrogen-bond donors (Lipinski definition) is 2. The van der Waals surface area contributed by atoms with Gasteiger partial charge in [0, 0.05) is 18.5 Å². The largest absolute Gasteiger partial charge is 0.493 e. The lowest BCUT2D eigenvalue weighted by Gasteiger charge is -2.26. The summed E-state index contributed by atoms with van der Waals surface area (Å²) in [5.74, 6) is 1.02. The highest BCUT2D eigenvalue weighted by Gasteiger charge is 2.20. The van der Waals surface area contributed by atoms with E-state index in [0.717, 1.165) is 37.0 Å². The highest BCUT2D eigenvalue weighted by atomic mass is 16.5. The molecule has 0 atom stereocenters. The second-order valence-corrected chi connectivity index (χ2v) is 6.42. The van der Waals surface area contributed by atoms with E-state index in [2.05, 4.69) is 44.3 Å². The molecule has 0 bridgehead atoms. The predicted octanol–water partition coefficient (Wildman–Crippen LogP) is 3.49. The van der Waals surface area contributed by atoms with E-state index in [4.69, 9.17) is 10.5 Å². The van der Waals surface area contributed by atoms with Gasteiger partial charge in [-0.05, 0) is 56.7 Å². The molecule has 1 aromatic rings. The van der Waals surface area contributed by atoms with Crippen LogP contribution in [-0.2, 0) is 4.79 Å². The van der Waals surface area contributed by atoms with Crippen molar-refractivity contribution in [3.8, 4) is 5.75 Å². The van der Waals surface area contributed by atoms with Crippen LogP contribution < -0.4 is 15.8 Å². The molecule has 23 heavy (non-hydrogen) atoms. The molecule has 0 aliphatic heterocycles. The third-order valence-electron chi connectivity index (χ3n) is 4.45. The van der Waals surface area contributed by atoms with Crippen LogP contribution in [0.3, 0.4) is 0 Å². The molecule has 0 aliphatic rings. The Morgan fingerprint density at radius 1 is 1.22 bits per heavy atom. The third kappa shape index (κ3) is 7.04. The second kappa shape index (κ2) is 9.56. The molecule has 0 saturated carbocycles. The zero-order valence-corrected chi connectivity index (χ0v) is 15.1. The summed E-state index contributed by atoms with van der Waals surface area (Å²) < 4.78 is 5.80. The summed E-state index contributed by atoms with van der Waals surface area (Å²) in [6.45, 7) is 9.41. The van der Waals surface area contributed by atoms with Gasteiger partial charge in [0.15, 0.2) is 0 Å². The van der Waals surface area contributed by atoms with E-state index in [1.165, 1.54) is 5.56 Å². The van der Waals surface area contributed by atoms with Crippen LogP contribution in [0.1, 0.15) is 57.1 Å². The van der Waals surface area contributed by atoms with E-state index in [9.17, 15) is 4.79 Å². The summed E-state index contributed by atoms with van der Waals surface area (Å²) in [5.41, 5.74) is 8.24. The number of unbranched alkanes of at least 4 members (excludes halogenated alkanes) is 1. The highest BCUT2D eigenvalue weighted by molar-refractivity contribution is 5.75. The van der Waals surface area contributed by atoms with Crippen LogP contribution in [0.5, 0.6) is 5.75 Å². The van der Waals surface area contributed by atoms with Crippen molar-refractivity contribution in [2.75, 3.05) is 13.2 Å². The van der Waals surface area contributed by atoms with Crippen LogP contribution in [0.2, 0.25) is 0 Å². The minimum Gasteiger partial charge on any atom is -0.493 e. The van der Waals surface area contributed by atoms with Crippen LogP contribution in [0.4, 0.5) is 0 Å². The van der Waals surface area contributed by atoms with Crippen molar-refractivity contribution in [3.63, 3.8) is 0 Å². The summed E-state index contributed by atoms with van der Waals surface area (Å²) in [7, 11) is 0. The molecule has 3 N–H and O–H groups in total. The van der Waals surface area contributed by atoms with Crippen LogP contribution in [0.25, 0.3) is 0 Å². The van der Waals surface area contributed by atoms with Crippen LogP contribution in [-0.4, -0.2) is 24.6 Å². The van der Waals surface area contributed by atoms with E-state index in [1.54, 1.807) is 0 Å². The summed E-state index contributed by atoms with van der Waals surface area (Å²) in [6.07, 6.45) is 3.96. The molecule has 130 valence electrons. The van der Waals surface area contributed by atoms with Crippen molar-refractivity contribution in [1.29, 1.82) is 0 Å². The van der Waals surface area contributed by atoms with E-state index < -0.39 is 0 Å². The molecule has 1 amide bonds. The normalized spacial score (nSPS) is 11.3. The second-order valence-electron chi connectivity index (χ2n) is 6.42. The van der Waals surface area contributed by atoms with Crippen molar-refractivity contribution in [3.05, 3.63) is 29.3 Å². The molecule has 1 aromatic carbocycles. The van der Waals surface area contributed by atoms with Gasteiger partial charge in [-0.3, -0.25) is 4.79 Å². The van der Waals surface area contributed by atoms with E-state index >= 15 is 0 Å². The number of hydrogen-bond acceptors (Lipinski definition) is 3. The van der Waals surface area contributed by atoms with Crippen LogP contribution in [0, 0.1) is 13.8 Å². The molecule has 0 radical (unpaired) electrons. The lowest BCUT2D eigenvalue weighted by molar-refractivity contribution is -0.121. The van der Waals surface area contributed by atoms with Gasteiger partial charge in [-0.2, -0.15) is 0 Å². The maximum atomic E-state index is 11.8. The molecule has 1 rings (SSSR count). The molecular formula is C19H32N2O2. The Balaban J connectivity index is 2.19. The maximum Gasteiger partial charge on any atom is 0.220 e. The first-order valence-corrected chi connectivity index (χ1v) is 8.66. The molecule has 4 heteroatoms. The fourth-order valence-electron chi connectivity index (χ4n) is 2.30. The molecule has 0 saturated heterocycles. The number of rotatable bonds is 10. The summed E-state index contributed by atoms with van der Waals surface area (Å²) in [4.78, 5) is 11.8. The quantitative estimate of drug-likeness (QED) is 0.649. The zero-order chi connectivity index (χ0) is 17.3. The minimum atomic E-state index is -0.276. The number of ether oxygens (including phenoxy) is 1. The SMILES string of the molecule is CCC(N)(CC)CNC(=O)CCCCOc1cc(C)ccc1C. The standard InChI is InChI=1S/C19H32N2O2/c1-5-19(20,6-2)14-21-18(22)9-7-8-12-23-17-13-15(3)10-11-16(17)4/h10-11,13H,5-9,12,14,20H2,1-4H3,(H,21,22). The maximum absolute atomic E-state index is 11.8. The molecule has 0 aromatic heterocycles. The number of nitrogens with two attached hydrogens (primary N) is 1. The lowest BCUT2D eigenvalue weighted by atomic mass is 9.94. The lowest BCUT2D eigenvalue weighted by Crippen LogP contribution is -2.49. The smallest absolute Gasteiger partial charge is 0.220 e. The minimum absolute atomic E-state index is 0.0773. The topological polar surface area (TPSA) is 64.3 Å². The highest BCUT2D eigenvalue weighted by Crippen LogP contribution is 2.19. The van der Waals surface area contributed by atoms with Crippen molar-refractivity contribution in [1.82, 2.24) is 5.32 Å². The summed E-state index contributed by atoms with van der Waals surface area (Å²) in [5, 5.41) is 2.95. The molecule has 0 heterocycles. The fourth-order valence-corrected chi connectivity index (χ4v) is 2.30. The van der Waals surface area contributed by atoms with Gasteiger partial charge in [0.2, 0.25) is 5.91 Å². The number of carbonyl (C=O) groups is 1. The van der Waals surface area contributed by atoms with Gasteiger partial charge in [0.1, 0.15) is 5.75 Å². The molecule has 0 fully saturated rings. The number of benzene rings is 1. The van der Waals surface area contributed by atoms with Gasteiger partial charge in [-0.15, -0.1) is 0 Å². The van der Waals surface area contributed by atoms with E-state index in [-0.39, 0.29) is 11.4 Å². The monoisotopic (exact) mass is 320 g/mol. The molecule has 0 spiro atoms. The van der Waals surface area contributed by atoms with Gasteiger partial charge in [-0.1, -0.05) is 26.0 Å². The molecular weight excluding hydrogens is 288 g/mol. The van der Waals surface area contributed by atoms with Crippen molar-refractivity contribution in [2.24, 2.45) is 5.73 Å². The van der Waals surface area contributed by atoms with Crippen LogP contribution >= 0.6 is 0 Å². The first-order chi connectivity index (χ1) is 10.9. The fraction of sp³-hybridized carbons (Fsp3) is 0.632. The number of carbonyl (C=O) groups excluding carboxylic acids is 1. The van der Waals surface area contributed by atoms with Crippen molar-refractivity contribution < 1.29 is 9.53 Å². The Labute approximate surface area is 140 Å². The van der Waals surface area contributed by atoms with Gasteiger partial charge in [-0.25, -0.2) is 0 Å². The summed E-state index contributed by atoms with van der Waals surface area (Å²) >= 11 is 0. The Bertz CT molecular complexity index is 496. The predicted molar refractivity (Wildman–Crippen MR) is 95.8 cm³/mol. The summed E-state index contributed by atoms with van der Waals surface area (Å²) in [6, 6.07) is 6.20.